The SMILES string of the molecule is Cc1cccc(Cl)c1Nc1cccc(F)c1C#N. The van der Waals surface area contributed by atoms with Gasteiger partial charge in [0.2, 0.25) is 0 Å². The van der Waals surface area contributed by atoms with Gasteiger partial charge in [-0.1, -0.05) is 29.8 Å². The molecule has 0 radical (unpaired) electrons. The van der Waals surface area contributed by atoms with Crippen molar-refractivity contribution in [3.63, 3.8) is 0 Å². The van der Waals surface area contributed by atoms with Crippen LogP contribution in [0.3, 0.4) is 0 Å². The summed E-state index contributed by atoms with van der Waals surface area (Å²) in [6, 6.07) is 11.7. The van der Waals surface area contributed by atoms with Crippen molar-refractivity contribution < 1.29 is 4.39 Å². The van der Waals surface area contributed by atoms with E-state index >= 15 is 0 Å². The van der Waals surface area contributed by atoms with Crippen LogP contribution >= 0.6 is 11.6 Å². The smallest absolute Gasteiger partial charge is 0.143 e. The van der Waals surface area contributed by atoms with Crippen molar-refractivity contribution in [3.8, 4) is 6.07 Å². The van der Waals surface area contributed by atoms with Gasteiger partial charge >= 0.3 is 0 Å². The molecular formula is C14H10ClFN2. The first-order chi connectivity index (χ1) is 8.63. The fraction of sp³-hybridized carbons (Fsp3) is 0.0714. The Morgan fingerprint density at radius 3 is 2.61 bits per heavy atom. The van der Waals surface area contributed by atoms with Gasteiger partial charge in [0.25, 0.3) is 0 Å². The van der Waals surface area contributed by atoms with Crippen molar-refractivity contribution >= 4 is 23.0 Å². The third kappa shape index (κ3) is 2.29. The molecule has 0 aliphatic rings. The molecule has 0 spiro atoms. The fourth-order valence-corrected chi connectivity index (χ4v) is 1.94. The van der Waals surface area contributed by atoms with E-state index in [2.05, 4.69) is 5.32 Å². The highest BCUT2D eigenvalue weighted by atomic mass is 35.5. The Hall–Kier alpha value is -2.05. The van der Waals surface area contributed by atoms with Crippen molar-refractivity contribution in [2.75, 3.05) is 5.32 Å². The normalized spacial score (nSPS) is 9.89. The lowest BCUT2D eigenvalue weighted by Crippen LogP contribution is -1.98. The molecule has 18 heavy (non-hydrogen) atoms. The van der Waals surface area contributed by atoms with Crippen molar-refractivity contribution in [1.29, 1.82) is 5.26 Å². The Morgan fingerprint density at radius 2 is 1.94 bits per heavy atom. The first-order valence-electron chi connectivity index (χ1n) is 5.34. The maximum Gasteiger partial charge on any atom is 0.143 e. The van der Waals surface area contributed by atoms with E-state index in [4.69, 9.17) is 16.9 Å². The Kier molecular flexibility index (Phi) is 3.50. The molecule has 90 valence electrons. The molecule has 0 aromatic heterocycles. The number of anilines is 2. The maximum absolute atomic E-state index is 13.5. The summed E-state index contributed by atoms with van der Waals surface area (Å²) < 4.78 is 13.5. The minimum absolute atomic E-state index is 0.0168. The van der Waals surface area contributed by atoms with Crippen molar-refractivity contribution in [2.24, 2.45) is 0 Å². The maximum atomic E-state index is 13.5. The van der Waals surface area contributed by atoms with E-state index in [1.165, 1.54) is 6.07 Å². The van der Waals surface area contributed by atoms with Gasteiger partial charge in [0.05, 0.1) is 16.4 Å². The Balaban J connectivity index is 2.48. The van der Waals surface area contributed by atoms with Crippen LogP contribution in [-0.4, -0.2) is 0 Å². The predicted octanol–water partition coefficient (Wildman–Crippen LogP) is 4.40. The van der Waals surface area contributed by atoms with Crippen LogP contribution < -0.4 is 5.32 Å². The summed E-state index contributed by atoms with van der Waals surface area (Å²) >= 11 is 6.08. The number of aryl methyl sites for hydroxylation is 1. The van der Waals surface area contributed by atoms with Gasteiger partial charge in [-0.05, 0) is 30.7 Å². The third-order valence-corrected chi connectivity index (χ3v) is 2.92. The highest BCUT2D eigenvalue weighted by Crippen LogP contribution is 2.30. The standard InChI is InChI=1S/C14H10ClFN2/c1-9-4-2-5-11(15)14(9)18-13-7-3-6-12(16)10(13)8-17/h2-7,18H,1H3. The summed E-state index contributed by atoms with van der Waals surface area (Å²) in [7, 11) is 0. The third-order valence-electron chi connectivity index (χ3n) is 2.61. The van der Waals surface area contributed by atoms with Gasteiger partial charge in [-0.3, -0.25) is 0 Å². The lowest BCUT2D eigenvalue weighted by atomic mass is 10.1. The number of benzene rings is 2. The molecule has 2 aromatic rings. The molecule has 1 N–H and O–H groups in total. The monoisotopic (exact) mass is 260 g/mol. The molecule has 0 bridgehead atoms. The number of nitriles is 1. The molecule has 0 saturated heterocycles. The second-order valence-electron chi connectivity index (χ2n) is 3.83. The van der Waals surface area contributed by atoms with E-state index in [1.54, 1.807) is 18.2 Å². The lowest BCUT2D eigenvalue weighted by Gasteiger charge is -2.12. The van der Waals surface area contributed by atoms with Gasteiger partial charge in [0, 0.05) is 0 Å². The zero-order valence-electron chi connectivity index (χ0n) is 9.67. The van der Waals surface area contributed by atoms with Gasteiger partial charge in [-0.2, -0.15) is 5.26 Å². The zero-order chi connectivity index (χ0) is 13.1. The van der Waals surface area contributed by atoms with Crippen LogP contribution in [0, 0.1) is 24.1 Å². The number of nitrogens with zero attached hydrogens (tertiary/aromatic N) is 1. The van der Waals surface area contributed by atoms with E-state index in [-0.39, 0.29) is 5.56 Å². The number of hydrogen-bond donors (Lipinski definition) is 1. The Bertz CT molecular complexity index is 612. The molecule has 0 aliphatic heterocycles. The fourth-order valence-electron chi connectivity index (χ4n) is 1.67. The van der Waals surface area contributed by atoms with Crippen LogP contribution in [0.4, 0.5) is 15.8 Å². The van der Waals surface area contributed by atoms with Gasteiger partial charge in [-0.15, -0.1) is 0 Å². The highest BCUT2D eigenvalue weighted by Gasteiger charge is 2.10. The molecule has 0 fully saturated rings. The molecule has 0 unspecified atom stereocenters. The second kappa shape index (κ2) is 5.07. The largest absolute Gasteiger partial charge is 0.353 e. The first-order valence-corrected chi connectivity index (χ1v) is 5.72. The molecule has 2 nitrogen and oxygen atoms in total. The van der Waals surface area contributed by atoms with Crippen LogP contribution in [0.15, 0.2) is 36.4 Å². The zero-order valence-corrected chi connectivity index (χ0v) is 10.4. The summed E-state index contributed by atoms with van der Waals surface area (Å²) in [5.74, 6) is -0.549. The Labute approximate surface area is 110 Å². The van der Waals surface area contributed by atoms with Crippen LogP contribution in [-0.2, 0) is 0 Å². The molecule has 0 saturated carbocycles. The molecule has 0 atom stereocenters. The molecule has 0 aliphatic carbocycles. The molecule has 0 amide bonds. The highest BCUT2D eigenvalue weighted by molar-refractivity contribution is 6.33. The average molecular weight is 261 g/mol. The van der Waals surface area contributed by atoms with Crippen LogP contribution in [0.1, 0.15) is 11.1 Å². The average Bonchev–Trinajstić information content (AvgIpc) is 2.34. The molecule has 0 heterocycles. The molecular weight excluding hydrogens is 251 g/mol. The van der Waals surface area contributed by atoms with E-state index in [9.17, 15) is 4.39 Å². The second-order valence-corrected chi connectivity index (χ2v) is 4.24. The minimum Gasteiger partial charge on any atom is -0.353 e. The number of nitrogens with one attached hydrogen (secondary N) is 1. The molecule has 2 rings (SSSR count). The topological polar surface area (TPSA) is 35.8 Å². The van der Waals surface area contributed by atoms with E-state index < -0.39 is 5.82 Å². The number of rotatable bonds is 2. The van der Waals surface area contributed by atoms with Crippen LogP contribution in [0.2, 0.25) is 5.02 Å². The van der Waals surface area contributed by atoms with Crippen LogP contribution in [0.5, 0.6) is 0 Å². The summed E-state index contributed by atoms with van der Waals surface area (Å²) in [5, 5.41) is 12.5. The van der Waals surface area contributed by atoms with Gasteiger partial charge in [-0.25, -0.2) is 4.39 Å². The first kappa shape index (κ1) is 12.4. The van der Waals surface area contributed by atoms with E-state index in [0.29, 0.717) is 16.4 Å². The van der Waals surface area contributed by atoms with Gasteiger partial charge in [0.15, 0.2) is 0 Å². The van der Waals surface area contributed by atoms with Gasteiger partial charge in [0.1, 0.15) is 17.4 Å². The summed E-state index contributed by atoms with van der Waals surface area (Å²) in [4.78, 5) is 0. The Morgan fingerprint density at radius 1 is 1.22 bits per heavy atom. The summed E-state index contributed by atoms with van der Waals surface area (Å²) in [6.45, 7) is 1.89. The van der Waals surface area contributed by atoms with E-state index in [0.717, 1.165) is 5.56 Å². The lowest BCUT2D eigenvalue weighted by molar-refractivity contribution is 0.624. The minimum atomic E-state index is -0.549. The van der Waals surface area contributed by atoms with E-state index in [1.807, 2.05) is 25.1 Å². The van der Waals surface area contributed by atoms with Crippen molar-refractivity contribution in [3.05, 3.63) is 58.4 Å². The number of halogens is 2. The van der Waals surface area contributed by atoms with Gasteiger partial charge < -0.3 is 5.32 Å². The van der Waals surface area contributed by atoms with Crippen molar-refractivity contribution in [2.45, 2.75) is 6.92 Å². The number of hydrogen-bond acceptors (Lipinski definition) is 2. The predicted molar refractivity (Wildman–Crippen MR) is 70.6 cm³/mol. The quantitative estimate of drug-likeness (QED) is 0.869. The van der Waals surface area contributed by atoms with Crippen molar-refractivity contribution in [1.82, 2.24) is 0 Å². The molecule has 4 heteroatoms. The number of para-hydroxylation sites is 1. The van der Waals surface area contributed by atoms with Crippen LogP contribution in [0.25, 0.3) is 0 Å². The summed E-state index contributed by atoms with van der Waals surface area (Å²) in [6.07, 6.45) is 0. The molecule has 2 aromatic carbocycles. The summed E-state index contributed by atoms with van der Waals surface area (Å²) in [5.41, 5.74) is 2.00.